The molecule has 2 rings (SSSR count). The molecule has 1 unspecified atom stereocenters. The maximum absolute atomic E-state index is 11.8. The van der Waals surface area contributed by atoms with Gasteiger partial charge in [-0.05, 0) is 38.1 Å². The number of aryl methyl sites for hydroxylation is 1. The van der Waals surface area contributed by atoms with Gasteiger partial charge >= 0.3 is 0 Å². The molecular formula is C15H19N3OS. The third-order valence-electron chi connectivity index (χ3n) is 3.10. The van der Waals surface area contributed by atoms with Crippen molar-refractivity contribution < 1.29 is 4.79 Å². The molecule has 0 aliphatic heterocycles. The van der Waals surface area contributed by atoms with Crippen molar-refractivity contribution in [2.75, 3.05) is 19.4 Å². The number of nitrogens with one attached hydrogen (secondary N) is 1. The molecule has 0 saturated carbocycles. The molecule has 0 radical (unpaired) electrons. The molecule has 2 aromatic rings. The lowest BCUT2D eigenvalue weighted by molar-refractivity contribution is 0.0827. The van der Waals surface area contributed by atoms with Gasteiger partial charge in [0.25, 0.3) is 5.91 Å². The number of anilines is 1. The number of carbonyl (C=O) groups is 1. The molecule has 1 amide bonds. The van der Waals surface area contributed by atoms with Gasteiger partial charge in [-0.1, -0.05) is 0 Å². The molecule has 106 valence electrons. The second-order valence-corrected chi connectivity index (χ2v) is 5.83. The summed E-state index contributed by atoms with van der Waals surface area (Å²) in [5, 5.41) is 3.43. The zero-order chi connectivity index (χ0) is 14.7. The number of amides is 1. The van der Waals surface area contributed by atoms with E-state index in [9.17, 15) is 4.79 Å². The lowest BCUT2D eigenvalue weighted by Gasteiger charge is -2.15. The summed E-state index contributed by atoms with van der Waals surface area (Å²) in [6.07, 6.45) is 0. The number of hydrogen-bond donors (Lipinski definition) is 1. The van der Waals surface area contributed by atoms with Gasteiger partial charge < -0.3 is 10.2 Å². The van der Waals surface area contributed by atoms with E-state index in [1.807, 2.05) is 36.7 Å². The van der Waals surface area contributed by atoms with Gasteiger partial charge in [-0.15, -0.1) is 11.3 Å². The van der Waals surface area contributed by atoms with Crippen LogP contribution >= 0.6 is 11.3 Å². The smallest absolute Gasteiger partial charge is 0.253 e. The molecule has 1 heterocycles. The number of rotatable bonds is 4. The fourth-order valence-corrected chi connectivity index (χ4v) is 2.82. The van der Waals surface area contributed by atoms with Crippen molar-refractivity contribution in [1.29, 1.82) is 0 Å². The summed E-state index contributed by atoms with van der Waals surface area (Å²) in [7, 11) is 3.51. The zero-order valence-electron chi connectivity index (χ0n) is 12.2. The van der Waals surface area contributed by atoms with Crippen LogP contribution in [0.3, 0.4) is 0 Å². The number of aromatic nitrogens is 1. The van der Waals surface area contributed by atoms with Gasteiger partial charge in [0.05, 0.1) is 17.2 Å². The summed E-state index contributed by atoms with van der Waals surface area (Å²) in [6.45, 7) is 4.13. The zero-order valence-corrected chi connectivity index (χ0v) is 13.0. The fourth-order valence-electron chi connectivity index (χ4n) is 2.01. The van der Waals surface area contributed by atoms with E-state index in [0.29, 0.717) is 5.56 Å². The molecule has 0 aliphatic carbocycles. The molecule has 5 heteroatoms. The highest BCUT2D eigenvalue weighted by atomic mass is 32.1. The molecule has 0 spiro atoms. The minimum absolute atomic E-state index is 0.0166. The number of hydrogen-bond acceptors (Lipinski definition) is 4. The molecule has 20 heavy (non-hydrogen) atoms. The number of carbonyl (C=O) groups excluding carboxylic acids is 1. The van der Waals surface area contributed by atoms with Crippen LogP contribution in [0.4, 0.5) is 5.69 Å². The van der Waals surface area contributed by atoms with Crippen molar-refractivity contribution in [3.05, 3.63) is 45.9 Å². The van der Waals surface area contributed by atoms with E-state index >= 15 is 0 Å². The Balaban J connectivity index is 2.08. The van der Waals surface area contributed by atoms with Crippen LogP contribution in [0.2, 0.25) is 0 Å². The van der Waals surface area contributed by atoms with Crippen LogP contribution < -0.4 is 5.32 Å². The quantitative estimate of drug-likeness (QED) is 0.939. The highest BCUT2D eigenvalue weighted by Gasteiger charge is 2.11. The molecular weight excluding hydrogens is 270 g/mol. The lowest BCUT2D eigenvalue weighted by atomic mass is 10.1. The predicted octanol–water partition coefficient (Wildman–Crippen LogP) is 3.33. The summed E-state index contributed by atoms with van der Waals surface area (Å²) in [5.74, 6) is 0.0166. The highest BCUT2D eigenvalue weighted by Crippen LogP contribution is 2.25. The van der Waals surface area contributed by atoms with E-state index in [4.69, 9.17) is 0 Å². The average molecular weight is 289 g/mol. The Morgan fingerprint density at radius 1 is 1.30 bits per heavy atom. The van der Waals surface area contributed by atoms with Gasteiger partial charge in [-0.3, -0.25) is 4.79 Å². The van der Waals surface area contributed by atoms with Crippen molar-refractivity contribution in [3.63, 3.8) is 0 Å². The van der Waals surface area contributed by atoms with Gasteiger partial charge in [0.2, 0.25) is 0 Å². The molecule has 0 aliphatic rings. The van der Waals surface area contributed by atoms with Crippen LogP contribution in [0.15, 0.2) is 29.8 Å². The van der Waals surface area contributed by atoms with E-state index in [0.717, 1.165) is 11.4 Å². The van der Waals surface area contributed by atoms with E-state index < -0.39 is 0 Å². The second-order valence-electron chi connectivity index (χ2n) is 4.94. The largest absolute Gasteiger partial charge is 0.378 e. The Morgan fingerprint density at radius 3 is 2.45 bits per heavy atom. The summed E-state index contributed by atoms with van der Waals surface area (Å²) in [4.78, 5) is 18.9. The summed E-state index contributed by atoms with van der Waals surface area (Å²) < 4.78 is 0. The van der Waals surface area contributed by atoms with Gasteiger partial charge in [-0.2, -0.15) is 0 Å². The maximum Gasteiger partial charge on any atom is 0.253 e. The van der Waals surface area contributed by atoms with Crippen LogP contribution in [0.1, 0.15) is 33.9 Å². The van der Waals surface area contributed by atoms with Gasteiger partial charge in [0.1, 0.15) is 0 Å². The Labute approximate surface area is 123 Å². The first-order valence-electron chi connectivity index (χ1n) is 6.47. The standard InChI is InChI=1S/C15H19N3OS/c1-10-14(20-9-16-10)11(2)17-13-7-5-12(6-8-13)15(19)18(3)4/h5-9,11,17H,1-4H3. The molecule has 1 aromatic carbocycles. The Bertz CT molecular complexity index is 589. The van der Waals surface area contributed by atoms with Gasteiger partial charge in [0.15, 0.2) is 0 Å². The Kier molecular flexibility index (Phi) is 4.39. The molecule has 0 saturated heterocycles. The van der Waals surface area contributed by atoms with E-state index in [1.54, 1.807) is 30.3 Å². The van der Waals surface area contributed by atoms with Gasteiger partial charge in [-0.25, -0.2) is 4.98 Å². The SMILES string of the molecule is Cc1ncsc1C(C)Nc1ccc(C(=O)N(C)C)cc1. The summed E-state index contributed by atoms with van der Waals surface area (Å²) in [6, 6.07) is 7.76. The fraction of sp³-hybridized carbons (Fsp3) is 0.333. The maximum atomic E-state index is 11.8. The normalized spacial score (nSPS) is 12.0. The third kappa shape index (κ3) is 3.17. The molecule has 0 bridgehead atoms. The first-order valence-corrected chi connectivity index (χ1v) is 7.35. The first kappa shape index (κ1) is 14.5. The van der Waals surface area contributed by atoms with Crippen molar-refractivity contribution >= 4 is 22.9 Å². The third-order valence-corrected chi connectivity index (χ3v) is 4.21. The minimum atomic E-state index is 0.0166. The average Bonchev–Trinajstić information content (AvgIpc) is 2.85. The van der Waals surface area contributed by atoms with Crippen LogP contribution in [0.5, 0.6) is 0 Å². The molecule has 4 nitrogen and oxygen atoms in total. The number of nitrogens with zero attached hydrogens (tertiary/aromatic N) is 2. The topological polar surface area (TPSA) is 45.2 Å². The van der Waals surface area contributed by atoms with Crippen molar-refractivity contribution in [2.24, 2.45) is 0 Å². The number of thiazole rings is 1. The Morgan fingerprint density at radius 2 is 1.95 bits per heavy atom. The molecule has 1 atom stereocenters. The second kappa shape index (κ2) is 6.05. The highest BCUT2D eigenvalue weighted by molar-refractivity contribution is 7.09. The van der Waals surface area contributed by atoms with Gasteiger partial charge in [0, 0.05) is 30.2 Å². The summed E-state index contributed by atoms with van der Waals surface area (Å²) >= 11 is 1.65. The van der Waals surface area contributed by atoms with Crippen molar-refractivity contribution in [1.82, 2.24) is 9.88 Å². The van der Waals surface area contributed by atoms with E-state index in [1.165, 1.54) is 4.88 Å². The molecule has 1 aromatic heterocycles. The molecule has 1 N–H and O–H groups in total. The number of benzene rings is 1. The van der Waals surface area contributed by atoms with E-state index in [-0.39, 0.29) is 11.9 Å². The summed E-state index contributed by atoms with van der Waals surface area (Å²) in [5.41, 5.74) is 4.62. The van der Waals surface area contributed by atoms with Crippen LogP contribution in [-0.2, 0) is 0 Å². The van der Waals surface area contributed by atoms with Crippen molar-refractivity contribution in [3.8, 4) is 0 Å². The van der Waals surface area contributed by atoms with Crippen molar-refractivity contribution in [2.45, 2.75) is 19.9 Å². The van der Waals surface area contributed by atoms with Crippen LogP contribution in [0, 0.1) is 6.92 Å². The van der Waals surface area contributed by atoms with Crippen LogP contribution in [-0.4, -0.2) is 29.9 Å². The first-order chi connectivity index (χ1) is 9.49. The molecule has 0 fully saturated rings. The lowest BCUT2D eigenvalue weighted by Crippen LogP contribution is -2.21. The predicted molar refractivity (Wildman–Crippen MR) is 83.3 cm³/mol. The van der Waals surface area contributed by atoms with Crippen LogP contribution in [0.25, 0.3) is 0 Å². The Hall–Kier alpha value is -1.88. The van der Waals surface area contributed by atoms with E-state index in [2.05, 4.69) is 17.2 Å². The minimum Gasteiger partial charge on any atom is -0.378 e. The monoisotopic (exact) mass is 289 g/mol.